The third kappa shape index (κ3) is 5.12. The lowest BCUT2D eigenvalue weighted by molar-refractivity contribution is -0.00913. The Kier molecular flexibility index (Phi) is 6.88. The van der Waals surface area contributed by atoms with Crippen molar-refractivity contribution in [2.45, 2.75) is 37.5 Å². The lowest BCUT2D eigenvalue weighted by Crippen LogP contribution is -2.46. The van der Waals surface area contributed by atoms with E-state index in [9.17, 15) is 4.39 Å². The molecule has 1 aliphatic heterocycles. The van der Waals surface area contributed by atoms with Crippen LogP contribution < -0.4 is 0 Å². The molecule has 0 N–H and O–H groups in total. The number of hydrogen-bond acceptors (Lipinski definition) is 3. The molecular weight excluding hydrogens is 391 g/mol. The first-order valence-corrected chi connectivity index (χ1v) is 11.8. The van der Waals surface area contributed by atoms with Crippen molar-refractivity contribution in [1.82, 2.24) is 9.80 Å². The molecule has 4 heteroatoms. The van der Waals surface area contributed by atoms with Gasteiger partial charge >= 0.3 is 0 Å². The molecule has 0 spiro atoms. The molecule has 1 atom stereocenters. The second-order valence-corrected chi connectivity index (χ2v) is 8.94. The summed E-state index contributed by atoms with van der Waals surface area (Å²) in [5.74, 6) is -0.178. The van der Waals surface area contributed by atoms with Crippen LogP contribution in [0, 0.1) is 12.7 Å². The zero-order chi connectivity index (χ0) is 20.9. The fourth-order valence-corrected chi connectivity index (χ4v) is 4.76. The second-order valence-electron chi connectivity index (χ2n) is 8.06. The van der Waals surface area contributed by atoms with Crippen LogP contribution in [0.3, 0.4) is 0 Å². The van der Waals surface area contributed by atoms with Gasteiger partial charge in [0.05, 0.1) is 6.17 Å². The minimum absolute atomic E-state index is 0.178. The Morgan fingerprint density at radius 3 is 2.17 bits per heavy atom. The Bertz CT molecular complexity index is 956. The van der Waals surface area contributed by atoms with Crippen LogP contribution in [0.2, 0.25) is 0 Å². The maximum absolute atomic E-state index is 13.4. The monoisotopic (exact) mass is 420 g/mol. The fourth-order valence-electron chi connectivity index (χ4n) is 4.35. The van der Waals surface area contributed by atoms with Crippen molar-refractivity contribution < 1.29 is 4.39 Å². The van der Waals surface area contributed by atoms with Gasteiger partial charge in [-0.1, -0.05) is 54.1 Å². The van der Waals surface area contributed by atoms with E-state index in [0.717, 1.165) is 38.2 Å². The molecular formula is C26H29FN2S. The van der Waals surface area contributed by atoms with Crippen LogP contribution in [0.15, 0.2) is 77.7 Å². The van der Waals surface area contributed by atoms with E-state index in [2.05, 4.69) is 71.5 Å². The molecule has 1 fully saturated rings. The number of benzene rings is 3. The number of aryl methyl sites for hydroxylation is 1. The van der Waals surface area contributed by atoms with E-state index in [0.29, 0.717) is 0 Å². The van der Waals surface area contributed by atoms with Crippen molar-refractivity contribution >= 4 is 11.8 Å². The summed E-state index contributed by atoms with van der Waals surface area (Å²) in [6.07, 6.45) is 3.45. The molecule has 1 aliphatic rings. The summed E-state index contributed by atoms with van der Waals surface area (Å²) < 4.78 is 13.4. The van der Waals surface area contributed by atoms with Crippen LogP contribution in [-0.2, 0) is 13.1 Å². The van der Waals surface area contributed by atoms with Gasteiger partial charge in [-0.3, -0.25) is 9.80 Å². The van der Waals surface area contributed by atoms with Crippen LogP contribution in [0.4, 0.5) is 4.39 Å². The van der Waals surface area contributed by atoms with Crippen LogP contribution in [0.1, 0.15) is 34.8 Å². The Morgan fingerprint density at radius 2 is 1.53 bits per heavy atom. The minimum Gasteiger partial charge on any atom is -0.280 e. The van der Waals surface area contributed by atoms with E-state index < -0.39 is 0 Å². The predicted octanol–water partition coefficient (Wildman–Crippen LogP) is 6.26. The highest BCUT2D eigenvalue weighted by molar-refractivity contribution is 7.98. The molecule has 0 aliphatic carbocycles. The van der Waals surface area contributed by atoms with E-state index in [-0.39, 0.29) is 12.0 Å². The molecule has 1 saturated heterocycles. The van der Waals surface area contributed by atoms with Gasteiger partial charge in [0, 0.05) is 31.1 Å². The highest BCUT2D eigenvalue weighted by Gasteiger charge is 2.30. The van der Waals surface area contributed by atoms with Crippen molar-refractivity contribution in [3.63, 3.8) is 0 Å². The quantitative estimate of drug-likeness (QED) is 0.434. The molecule has 0 radical (unpaired) electrons. The number of hydrogen-bond donors (Lipinski definition) is 0. The molecule has 0 saturated carbocycles. The Balaban J connectivity index is 1.63. The number of halogens is 1. The smallest absolute Gasteiger partial charge is 0.123 e. The average Bonchev–Trinajstić information content (AvgIpc) is 2.76. The lowest BCUT2D eigenvalue weighted by atomic mass is 10.0. The molecule has 1 unspecified atom stereocenters. The van der Waals surface area contributed by atoms with E-state index >= 15 is 0 Å². The summed E-state index contributed by atoms with van der Waals surface area (Å²) in [5.41, 5.74) is 5.12. The van der Waals surface area contributed by atoms with Gasteiger partial charge in [0.15, 0.2) is 0 Å². The Hall–Kier alpha value is -2.14. The number of thioether (sulfide) groups is 1. The van der Waals surface area contributed by atoms with Crippen molar-refractivity contribution in [2.75, 3.05) is 19.3 Å². The van der Waals surface area contributed by atoms with Gasteiger partial charge in [0.25, 0.3) is 0 Å². The van der Waals surface area contributed by atoms with Crippen LogP contribution in [0.5, 0.6) is 0 Å². The topological polar surface area (TPSA) is 6.48 Å². The van der Waals surface area contributed by atoms with Gasteiger partial charge in [0.2, 0.25) is 0 Å². The Labute approximate surface area is 183 Å². The molecule has 1 heterocycles. The van der Waals surface area contributed by atoms with E-state index in [1.807, 2.05) is 12.1 Å². The van der Waals surface area contributed by atoms with Gasteiger partial charge in [-0.15, -0.1) is 11.8 Å². The zero-order valence-corrected chi connectivity index (χ0v) is 18.5. The highest BCUT2D eigenvalue weighted by Crippen LogP contribution is 2.33. The average molecular weight is 421 g/mol. The standard InChI is InChI=1S/C26H29FN2S/c1-20-5-3-6-22(17-20)19-29-16-4-15-28(18-21-7-11-24(27)12-8-21)26(29)23-9-13-25(30-2)14-10-23/h3,5-14,17,26H,4,15-16,18-19H2,1-2H3. The summed E-state index contributed by atoms with van der Waals surface area (Å²) in [6, 6.07) is 24.7. The fraction of sp³-hybridized carbons (Fsp3) is 0.308. The maximum atomic E-state index is 13.4. The van der Waals surface area contributed by atoms with Gasteiger partial charge in [-0.05, 0) is 60.6 Å². The summed E-state index contributed by atoms with van der Waals surface area (Å²) in [5, 5.41) is 0. The van der Waals surface area contributed by atoms with Gasteiger partial charge in [-0.2, -0.15) is 0 Å². The highest BCUT2D eigenvalue weighted by atomic mass is 32.2. The van der Waals surface area contributed by atoms with Crippen molar-refractivity contribution in [1.29, 1.82) is 0 Å². The number of nitrogens with zero attached hydrogens (tertiary/aromatic N) is 2. The first-order chi connectivity index (χ1) is 14.6. The van der Waals surface area contributed by atoms with Gasteiger partial charge < -0.3 is 0 Å². The van der Waals surface area contributed by atoms with Crippen LogP contribution in [0.25, 0.3) is 0 Å². The summed E-state index contributed by atoms with van der Waals surface area (Å²) >= 11 is 1.77. The van der Waals surface area contributed by atoms with E-state index in [4.69, 9.17) is 0 Å². The normalized spacial score (nSPS) is 17.9. The van der Waals surface area contributed by atoms with Crippen LogP contribution in [-0.4, -0.2) is 29.1 Å². The zero-order valence-electron chi connectivity index (χ0n) is 17.7. The predicted molar refractivity (Wildman–Crippen MR) is 124 cm³/mol. The third-order valence-corrected chi connectivity index (χ3v) is 6.51. The molecule has 3 aromatic carbocycles. The van der Waals surface area contributed by atoms with Crippen LogP contribution >= 0.6 is 11.8 Å². The van der Waals surface area contributed by atoms with Crippen molar-refractivity contribution in [3.8, 4) is 0 Å². The second kappa shape index (κ2) is 9.78. The summed E-state index contributed by atoms with van der Waals surface area (Å²) in [4.78, 5) is 6.39. The molecule has 30 heavy (non-hydrogen) atoms. The van der Waals surface area contributed by atoms with Crippen molar-refractivity contribution in [2.24, 2.45) is 0 Å². The first-order valence-electron chi connectivity index (χ1n) is 10.5. The molecule has 0 aromatic heterocycles. The molecule has 2 nitrogen and oxygen atoms in total. The largest absolute Gasteiger partial charge is 0.280 e. The third-order valence-electron chi connectivity index (χ3n) is 5.76. The minimum atomic E-state index is -0.178. The summed E-state index contributed by atoms with van der Waals surface area (Å²) in [7, 11) is 0. The molecule has 3 aromatic rings. The lowest BCUT2D eigenvalue weighted by Gasteiger charge is -2.44. The SMILES string of the molecule is CSc1ccc(C2N(Cc3ccc(F)cc3)CCCN2Cc2cccc(C)c2)cc1. The molecule has 4 rings (SSSR count). The maximum Gasteiger partial charge on any atom is 0.123 e. The van der Waals surface area contributed by atoms with Gasteiger partial charge in [-0.25, -0.2) is 4.39 Å². The Morgan fingerprint density at radius 1 is 0.867 bits per heavy atom. The van der Waals surface area contributed by atoms with E-state index in [1.54, 1.807) is 23.9 Å². The first kappa shape index (κ1) is 21.1. The number of rotatable bonds is 6. The van der Waals surface area contributed by atoms with Gasteiger partial charge in [0.1, 0.15) is 5.82 Å². The van der Waals surface area contributed by atoms with E-state index in [1.165, 1.54) is 21.6 Å². The van der Waals surface area contributed by atoms with Crippen molar-refractivity contribution in [3.05, 3.63) is 101 Å². The molecule has 156 valence electrons. The molecule has 0 bridgehead atoms. The molecule has 0 amide bonds. The summed E-state index contributed by atoms with van der Waals surface area (Å²) in [6.45, 7) is 6.01.